The first-order chi connectivity index (χ1) is 7.02. The lowest BCUT2D eigenvalue weighted by molar-refractivity contribution is -0.141. The summed E-state index contributed by atoms with van der Waals surface area (Å²) in [4.78, 5) is 0. The van der Waals surface area contributed by atoms with E-state index >= 15 is 0 Å². The van der Waals surface area contributed by atoms with Gasteiger partial charge in [-0.15, -0.1) is 0 Å². The van der Waals surface area contributed by atoms with Crippen molar-refractivity contribution in [1.82, 2.24) is 10.2 Å². The van der Waals surface area contributed by atoms with Gasteiger partial charge in [0.2, 0.25) is 0 Å². The Labute approximate surface area is 89.6 Å². The molecule has 2 nitrogen and oxygen atoms in total. The van der Waals surface area contributed by atoms with Gasteiger partial charge in [-0.2, -0.15) is 30.0 Å². The molecule has 0 aliphatic heterocycles. The molecule has 84 valence electrons. The zero-order valence-electron chi connectivity index (χ0n) is 8.19. The van der Waals surface area contributed by atoms with Gasteiger partial charge in [-0.3, -0.25) is 5.10 Å². The van der Waals surface area contributed by atoms with Crippen molar-refractivity contribution in [1.29, 1.82) is 0 Å². The summed E-state index contributed by atoms with van der Waals surface area (Å²) in [5.74, 6) is 0. The number of hydrogen-bond donors (Lipinski definition) is 1. The third-order valence-electron chi connectivity index (χ3n) is 2.70. The van der Waals surface area contributed by atoms with Crippen molar-refractivity contribution < 1.29 is 13.2 Å². The molecule has 0 radical (unpaired) electrons. The van der Waals surface area contributed by atoms with E-state index < -0.39 is 11.9 Å². The fourth-order valence-electron chi connectivity index (χ4n) is 1.90. The maximum absolute atomic E-state index is 12.6. The second-order valence-electron chi connectivity index (χ2n) is 3.63. The predicted molar refractivity (Wildman–Crippen MR) is 52.9 cm³/mol. The summed E-state index contributed by atoms with van der Waals surface area (Å²) in [7, 11) is 0. The molecule has 1 aromatic heterocycles. The van der Waals surface area contributed by atoms with Crippen LogP contribution in [0.25, 0.3) is 0 Å². The quantitative estimate of drug-likeness (QED) is 0.812. The van der Waals surface area contributed by atoms with E-state index in [9.17, 15) is 13.2 Å². The number of alkyl halides is 3. The van der Waals surface area contributed by atoms with E-state index in [-0.39, 0.29) is 5.25 Å². The molecule has 6 heteroatoms. The number of nitrogens with one attached hydrogen (secondary N) is 1. The van der Waals surface area contributed by atoms with Crippen LogP contribution >= 0.6 is 11.8 Å². The fraction of sp³-hybridized carbons (Fsp3) is 0.667. The van der Waals surface area contributed by atoms with Crippen LogP contribution in [0.3, 0.4) is 0 Å². The highest BCUT2D eigenvalue weighted by Gasteiger charge is 2.39. The molecule has 15 heavy (non-hydrogen) atoms. The third kappa shape index (κ3) is 2.00. The standard InChI is InChI=1S/C9H11F3N2S/c1-15-5-2-3-7-6(4-5)8(14-13-7)9(10,11)12/h5H,2-4H2,1H3,(H,13,14). The lowest BCUT2D eigenvalue weighted by Crippen LogP contribution is -2.18. The van der Waals surface area contributed by atoms with E-state index in [0.29, 0.717) is 24.1 Å². The van der Waals surface area contributed by atoms with Crippen LogP contribution in [0.2, 0.25) is 0 Å². The summed E-state index contributed by atoms with van der Waals surface area (Å²) in [5.41, 5.74) is 0.303. The maximum atomic E-state index is 12.6. The second kappa shape index (κ2) is 3.73. The van der Waals surface area contributed by atoms with Crippen LogP contribution in [0.4, 0.5) is 13.2 Å². The highest BCUT2D eigenvalue weighted by Crippen LogP contribution is 2.36. The SMILES string of the molecule is CSC1CCc2[nH]nc(C(F)(F)F)c2C1. The van der Waals surface area contributed by atoms with E-state index in [1.54, 1.807) is 11.8 Å². The molecular formula is C9H11F3N2S. The Morgan fingerprint density at radius 3 is 2.80 bits per heavy atom. The molecule has 0 amide bonds. The van der Waals surface area contributed by atoms with Crippen LogP contribution in [0.1, 0.15) is 23.4 Å². The van der Waals surface area contributed by atoms with Crippen LogP contribution in [-0.4, -0.2) is 21.7 Å². The van der Waals surface area contributed by atoms with E-state index in [2.05, 4.69) is 10.2 Å². The first-order valence-electron chi connectivity index (χ1n) is 4.68. The molecule has 0 bridgehead atoms. The van der Waals surface area contributed by atoms with E-state index in [0.717, 1.165) is 6.42 Å². The van der Waals surface area contributed by atoms with Crippen molar-refractivity contribution in [2.75, 3.05) is 6.26 Å². The molecule has 0 spiro atoms. The van der Waals surface area contributed by atoms with Crippen LogP contribution < -0.4 is 0 Å². The zero-order chi connectivity index (χ0) is 11.1. The van der Waals surface area contributed by atoms with Gasteiger partial charge in [0, 0.05) is 16.5 Å². The Morgan fingerprint density at radius 1 is 1.47 bits per heavy atom. The number of rotatable bonds is 1. The number of aromatic amines is 1. The molecule has 0 saturated heterocycles. The van der Waals surface area contributed by atoms with Crippen molar-refractivity contribution in [3.05, 3.63) is 17.0 Å². The van der Waals surface area contributed by atoms with Gasteiger partial charge in [-0.1, -0.05) is 0 Å². The predicted octanol–water partition coefficient (Wildman–Crippen LogP) is 2.65. The van der Waals surface area contributed by atoms with E-state index in [1.165, 1.54) is 0 Å². The minimum atomic E-state index is -4.33. The lowest BCUT2D eigenvalue weighted by Gasteiger charge is -2.20. The highest BCUT2D eigenvalue weighted by molar-refractivity contribution is 7.99. The number of fused-ring (bicyclic) bond motifs is 1. The van der Waals surface area contributed by atoms with Crippen molar-refractivity contribution in [2.24, 2.45) is 0 Å². The van der Waals surface area contributed by atoms with Gasteiger partial charge < -0.3 is 0 Å². The van der Waals surface area contributed by atoms with Crippen LogP contribution in [0.15, 0.2) is 0 Å². The monoisotopic (exact) mass is 236 g/mol. The largest absolute Gasteiger partial charge is 0.435 e. The van der Waals surface area contributed by atoms with Gasteiger partial charge in [0.25, 0.3) is 0 Å². The first kappa shape index (κ1) is 10.9. The van der Waals surface area contributed by atoms with Crippen molar-refractivity contribution in [2.45, 2.75) is 30.7 Å². The Bertz CT molecular complexity index is 359. The van der Waals surface area contributed by atoms with Crippen molar-refractivity contribution in [3.8, 4) is 0 Å². The highest BCUT2D eigenvalue weighted by atomic mass is 32.2. The van der Waals surface area contributed by atoms with E-state index in [4.69, 9.17) is 0 Å². The van der Waals surface area contributed by atoms with Crippen LogP contribution in [0.5, 0.6) is 0 Å². The number of H-pyrrole nitrogens is 1. The molecule has 1 heterocycles. The Hall–Kier alpha value is -0.650. The van der Waals surface area contributed by atoms with E-state index in [1.807, 2.05) is 6.26 Å². The first-order valence-corrected chi connectivity index (χ1v) is 5.97. The summed E-state index contributed by atoms with van der Waals surface area (Å²) < 4.78 is 37.7. The Morgan fingerprint density at radius 2 is 2.20 bits per heavy atom. The molecule has 1 N–H and O–H groups in total. The van der Waals surface area contributed by atoms with Gasteiger partial charge in [0.05, 0.1) is 0 Å². The molecule has 1 aromatic rings. The number of nitrogens with zero attached hydrogens (tertiary/aromatic N) is 1. The second-order valence-corrected chi connectivity index (χ2v) is 4.77. The molecule has 1 aliphatic carbocycles. The normalized spacial score (nSPS) is 21.5. The van der Waals surface area contributed by atoms with Crippen LogP contribution in [0, 0.1) is 0 Å². The number of thioether (sulfide) groups is 1. The zero-order valence-corrected chi connectivity index (χ0v) is 9.00. The molecule has 0 aromatic carbocycles. The third-order valence-corrected chi connectivity index (χ3v) is 3.77. The van der Waals surface area contributed by atoms with Gasteiger partial charge in [-0.25, -0.2) is 0 Å². The van der Waals surface area contributed by atoms with Gasteiger partial charge in [0.15, 0.2) is 5.69 Å². The summed E-state index contributed by atoms with van der Waals surface area (Å²) >= 11 is 1.62. The minimum absolute atomic E-state index is 0.288. The summed E-state index contributed by atoms with van der Waals surface area (Å²) in [6.45, 7) is 0. The number of halogens is 3. The average molecular weight is 236 g/mol. The molecule has 0 saturated carbocycles. The smallest absolute Gasteiger partial charge is 0.282 e. The fourth-order valence-corrected chi connectivity index (χ4v) is 2.59. The number of aromatic nitrogens is 2. The summed E-state index contributed by atoms with van der Waals surface area (Å²) in [6, 6.07) is 0. The topological polar surface area (TPSA) is 28.7 Å². The molecule has 0 fully saturated rings. The lowest BCUT2D eigenvalue weighted by atomic mass is 9.95. The molecule has 1 atom stereocenters. The number of hydrogen-bond acceptors (Lipinski definition) is 2. The van der Waals surface area contributed by atoms with Crippen molar-refractivity contribution >= 4 is 11.8 Å². The molecule has 1 unspecified atom stereocenters. The Balaban J connectivity index is 2.34. The minimum Gasteiger partial charge on any atom is -0.282 e. The molecule has 1 aliphatic rings. The van der Waals surface area contributed by atoms with Gasteiger partial charge in [0.1, 0.15) is 0 Å². The molecule has 2 rings (SSSR count). The maximum Gasteiger partial charge on any atom is 0.435 e. The van der Waals surface area contributed by atoms with Crippen LogP contribution in [-0.2, 0) is 19.0 Å². The molecular weight excluding hydrogens is 225 g/mol. The summed E-state index contributed by atoms with van der Waals surface area (Å²) in [5, 5.41) is 6.16. The van der Waals surface area contributed by atoms with Gasteiger partial charge >= 0.3 is 6.18 Å². The van der Waals surface area contributed by atoms with Gasteiger partial charge in [-0.05, 0) is 25.5 Å². The number of aryl methyl sites for hydroxylation is 1. The average Bonchev–Trinajstić information content (AvgIpc) is 2.59. The summed E-state index contributed by atoms with van der Waals surface area (Å²) in [6.07, 6.45) is -0.327. The Kier molecular flexibility index (Phi) is 2.70. The van der Waals surface area contributed by atoms with Crippen molar-refractivity contribution in [3.63, 3.8) is 0 Å².